The first kappa shape index (κ1) is 9.45. The highest BCUT2D eigenvalue weighted by Gasteiger charge is 2.14. The molecule has 0 N–H and O–H groups in total. The minimum atomic E-state index is 0.809. The average molecular weight is 211 g/mol. The number of anilines is 1. The number of carbonyl (C=O) groups is 1. The quantitative estimate of drug-likeness (QED) is 0.679. The van der Waals surface area contributed by atoms with Gasteiger partial charge in [0.2, 0.25) is 6.41 Å². The van der Waals surface area contributed by atoms with E-state index in [0.717, 1.165) is 44.1 Å². The number of carbonyl (C=O) groups excluding carboxylic acids is 1. The number of hydrogen-bond donors (Lipinski definition) is 0. The standard InChI is InChI=1S/C9H13N3OS/c13-8-11-3-1-4-12(6-5-11)9-10-2-7-14-9/h2,7-8H,1,3-6H2. The third kappa shape index (κ3) is 2.04. The summed E-state index contributed by atoms with van der Waals surface area (Å²) in [4.78, 5) is 18.9. The van der Waals surface area contributed by atoms with Gasteiger partial charge in [-0.25, -0.2) is 4.98 Å². The number of amides is 1. The molecular weight excluding hydrogens is 198 g/mol. The molecule has 14 heavy (non-hydrogen) atoms. The number of nitrogens with zero attached hydrogens (tertiary/aromatic N) is 3. The lowest BCUT2D eigenvalue weighted by Crippen LogP contribution is -2.29. The lowest BCUT2D eigenvalue weighted by molar-refractivity contribution is -0.117. The van der Waals surface area contributed by atoms with Crippen molar-refractivity contribution >= 4 is 22.9 Å². The van der Waals surface area contributed by atoms with Crippen LogP contribution in [0.1, 0.15) is 6.42 Å². The first-order valence-corrected chi connectivity index (χ1v) is 5.62. The normalized spacial score (nSPS) is 18.0. The second kappa shape index (κ2) is 4.41. The van der Waals surface area contributed by atoms with Crippen molar-refractivity contribution in [2.45, 2.75) is 6.42 Å². The molecule has 1 aromatic heterocycles. The predicted octanol–water partition coefficient (Wildman–Crippen LogP) is 0.812. The molecule has 0 radical (unpaired) electrons. The largest absolute Gasteiger partial charge is 0.346 e. The molecule has 2 heterocycles. The molecule has 1 saturated heterocycles. The maximum atomic E-state index is 10.6. The maximum Gasteiger partial charge on any atom is 0.209 e. The van der Waals surface area contributed by atoms with E-state index in [0.29, 0.717) is 0 Å². The fourth-order valence-electron chi connectivity index (χ4n) is 1.61. The summed E-state index contributed by atoms with van der Waals surface area (Å²) in [6, 6.07) is 0. The molecule has 1 aliphatic heterocycles. The topological polar surface area (TPSA) is 36.4 Å². The Labute approximate surface area is 87.2 Å². The van der Waals surface area contributed by atoms with Crippen LogP contribution in [0.15, 0.2) is 11.6 Å². The van der Waals surface area contributed by atoms with Crippen molar-refractivity contribution in [3.05, 3.63) is 11.6 Å². The Morgan fingerprint density at radius 3 is 3.00 bits per heavy atom. The van der Waals surface area contributed by atoms with E-state index in [4.69, 9.17) is 0 Å². The van der Waals surface area contributed by atoms with Gasteiger partial charge < -0.3 is 9.80 Å². The van der Waals surface area contributed by atoms with E-state index < -0.39 is 0 Å². The maximum absolute atomic E-state index is 10.6. The third-order valence-electron chi connectivity index (χ3n) is 2.37. The number of aromatic nitrogens is 1. The van der Waals surface area contributed by atoms with Gasteiger partial charge in [-0.1, -0.05) is 0 Å². The average Bonchev–Trinajstić information content (AvgIpc) is 2.63. The zero-order chi connectivity index (χ0) is 9.80. The molecule has 0 spiro atoms. The van der Waals surface area contributed by atoms with E-state index in [1.165, 1.54) is 0 Å². The molecule has 5 heteroatoms. The monoisotopic (exact) mass is 211 g/mol. The second-order valence-electron chi connectivity index (χ2n) is 3.30. The summed E-state index contributed by atoms with van der Waals surface area (Å²) in [6.45, 7) is 3.57. The molecular formula is C9H13N3OS. The van der Waals surface area contributed by atoms with Gasteiger partial charge in [-0.2, -0.15) is 0 Å². The second-order valence-corrected chi connectivity index (χ2v) is 4.17. The summed E-state index contributed by atoms with van der Waals surface area (Å²) < 4.78 is 0. The smallest absolute Gasteiger partial charge is 0.209 e. The number of hydrogen-bond acceptors (Lipinski definition) is 4. The zero-order valence-corrected chi connectivity index (χ0v) is 8.74. The molecule has 0 atom stereocenters. The van der Waals surface area contributed by atoms with Crippen LogP contribution in [0.5, 0.6) is 0 Å². The third-order valence-corrected chi connectivity index (χ3v) is 3.20. The predicted molar refractivity (Wildman–Crippen MR) is 56.6 cm³/mol. The van der Waals surface area contributed by atoms with Crippen LogP contribution in [0.2, 0.25) is 0 Å². The van der Waals surface area contributed by atoms with E-state index in [2.05, 4.69) is 9.88 Å². The highest BCUT2D eigenvalue weighted by Crippen LogP contribution is 2.18. The Kier molecular flexibility index (Phi) is 2.98. The van der Waals surface area contributed by atoms with Crippen molar-refractivity contribution in [3.63, 3.8) is 0 Å². The van der Waals surface area contributed by atoms with E-state index in [1.807, 2.05) is 16.5 Å². The molecule has 76 valence electrons. The van der Waals surface area contributed by atoms with E-state index in [1.54, 1.807) is 11.3 Å². The Bertz CT molecular complexity index is 288. The SMILES string of the molecule is O=CN1CCCN(c2nccs2)CC1. The molecule has 0 bridgehead atoms. The van der Waals surface area contributed by atoms with Crippen molar-refractivity contribution in [2.75, 3.05) is 31.1 Å². The van der Waals surface area contributed by atoms with Gasteiger partial charge in [-0.3, -0.25) is 4.79 Å². The zero-order valence-electron chi connectivity index (χ0n) is 7.93. The molecule has 0 aromatic carbocycles. The Morgan fingerprint density at radius 1 is 1.36 bits per heavy atom. The van der Waals surface area contributed by atoms with Crippen molar-refractivity contribution in [3.8, 4) is 0 Å². The van der Waals surface area contributed by atoms with Crippen LogP contribution in [0, 0.1) is 0 Å². The lowest BCUT2D eigenvalue weighted by atomic mass is 10.4. The summed E-state index contributed by atoms with van der Waals surface area (Å²) >= 11 is 1.66. The van der Waals surface area contributed by atoms with Crippen LogP contribution in [0.4, 0.5) is 5.13 Å². The van der Waals surface area contributed by atoms with Gasteiger partial charge in [0.1, 0.15) is 0 Å². The molecule has 0 aliphatic carbocycles. The minimum absolute atomic E-state index is 0.809. The Hall–Kier alpha value is -1.10. The van der Waals surface area contributed by atoms with Crippen molar-refractivity contribution in [1.29, 1.82) is 0 Å². The fraction of sp³-hybridized carbons (Fsp3) is 0.556. The summed E-state index contributed by atoms with van der Waals surface area (Å²) in [5.41, 5.74) is 0. The van der Waals surface area contributed by atoms with Gasteiger partial charge in [0.15, 0.2) is 5.13 Å². The van der Waals surface area contributed by atoms with E-state index >= 15 is 0 Å². The van der Waals surface area contributed by atoms with Gasteiger partial charge in [-0.05, 0) is 6.42 Å². The van der Waals surface area contributed by atoms with Gasteiger partial charge in [0.25, 0.3) is 0 Å². The first-order chi connectivity index (χ1) is 6.90. The molecule has 1 aromatic rings. The number of rotatable bonds is 2. The van der Waals surface area contributed by atoms with Crippen molar-refractivity contribution < 1.29 is 4.79 Å². The molecule has 2 rings (SSSR count). The molecule has 1 fully saturated rings. The molecule has 1 aliphatic rings. The van der Waals surface area contributed by atoms with Gasteiger partial charge in [0.05, 0.1) is 0 Å². The summed E-state index contributed by atoms with van der Waals surface area (Å²) in [6.07, 6.45) is 3.78. The van der Waals surface area contributed by atoms with Crippen molar-refractivity contribution in [2.24, 2.45) is 0 Å². The van der Waals surface area contributed by atoms with Gasteiger partial charge in [-0.15, -0.1) is 11.3 Å². The van der Waals surface area contributed by atoms with Gasteiger partial charge >= 0.3 is 0 Å². The van der Waals surface area contributed by atoms with Crippen LogP contribution >= 0.6 is 11.3 Å². The van der Waals surface area contributed by atoms with Crippen LogP contribution in [-0.4, -0.2) is 42.5 Å². The Balaban J connectivity index is 1.99. The van der Waals surface area contributed by atoms with Gasteiger partial charge in [0, 0.05) is 37.8 Å². The first-order valence-electron chi connectivity index (χ1n) is 4.74. The van der Waals surface area contributed by atoms with E-state index in [9.17, 15) is 4.79 Å². The fourth-order valence-corrected chi connectivity index (χ4v) is 2.30. The van der Waals surface area contributed by atoms with Crippen LogP contribution in [0.25, 0.3) is 0 Å². The Morgan fingerprint density at radius 2 is 2.29 bits per heavy atom. The molecule has 1 amide bonds. The summed E-state index contributed by atoms with van der Waals surface area (Å²) in [7, 11) is 0. The summed E-state index contributed by atoms with van der Waals surface area (Å²) in [5.74, 6) is 0. The highest BCUT2D eigenvalue weighted by atomic mass is 32.1. The molecule has 0 unspecified atom stereocenters. The molecule has 4 nitrogen and oxygen atoms in total. The molecule has 0 saturated carbocycles. The van der Waals surface area contributed by atoms with E-state index in [-0.39, 0.29) is 0 Å². The lowest BCUT2D eigenvalue weighted by Gasteiger charge is -2.18. The van der Waals surface area contributed by atoms with Crippen LogP contribution in [-0.2, 0) is 4.79 Å². The highest BCUT2D eigenvalue weighted by molar-refractivity contribution is 7.13. The number of thiazole rings is 1. The van der Waals surface area contributed by atoms with Crippen LogP contribution < -0.4 is 4.90 Å². The minimum Gasteiger partial charge on any atom is -0.346 e. The summed E-state index contributed by atoms with van der Waals surface area (Å²) in [5, 5.41) is 3.05. The van der Waals surface area contributed by atoms with Crippen molar-refractivity contribution in [1.82, 2.24) is 9.88 Å². The van der Waals surface area contributed by atoms with Crippen LogP contribution in [0.3, 0.4) is 0 Å².